The van der Waals surface area contributed by atoms with E-state index in [0.717, 1.165) is 27.8 Å². The van der Waals surface area contributed by atoms with Crippen LogP contribution in [0.15, 0.2) is 78.9 Å². The van der Waals surface area contributed by atoms with E-state index in [-0.39, 0.29) is 19.1 Å². The van der Waals surface area contributed by atoms with Gasteiger partial charge in [-0.2, -0.15) is 0 Å². The van der Waals surface area contributed by atoms with Crippen LogP contribution in [0, 0.1) is 0 Å². The molecule has 0 spiro atoms. The van der Waals surface area contributed by atoms with Crippen LogP contribution in [0.5, 0.6) is 0 Å². The monoisotopic (exact) mass is 514 g/mol. The quantitative estimate of drug-likeness (QED) is 0.373. The number of carbonyl (C=O) groups is 3. The number of carboxylic acids is 1. The predicted molar refractivity (Wildman–Crippen MR) is 140 cm³/mol. The number of fused-ring (bicyclic) bond motifs is 3. The van der Waals surface area contributed by atoms with Gasteiger partial charge in [0.15, 0.2) is 6.04 Å². The standard InChI is InChI=1S/C30H30N2O6/c1-19(37-17-20-9-3-2-4-10-20)26(27(33)34)31-28(35)30(15-16-30)32-29(36)38-18-25-23-13-7-5-11-21(23)22-12-6-8-14-24(22)25/h2-14,19,25-26H,15-18H2,1H3,(H,31,35)(H,32,36)(H,33,34). The molecule has 196 valence electrons. The normalized spacial score (nSPS) is 16.4. The van der Waals surface area contributed by atoms with Crippen molar-refractivity contribution >= 4 is 18.0 Å². The summed E-state index contributed by atoms with van der Waals surface area (Å²) in [6.07, 6.45) is -0.704. The third kappa shape index (κ3) is 5.26. The van der Waals surface area contributed by atoms with E-state index in [1.165, 1.54) is 0 Å². The molecule has 38 heavy (non-hydrogen) atoms. The van der Waals surface area contributed by atoms with Crippen molar-refractivity contribution in [3.05, 3.63) is 95.6 Å². The lowest BCUT2D eigenvalue weighted by Gasteiger charge is -2.25. The molecule has 0 bridgehead atoms. The first-order chi connectivity index (χ1) is 18.4. The van der Waals surface area contributed by atoms with E-state index in [1.54, 1.807) is 6.92 Å². The van der Waals surface area contributed by atoms with E-state index in [2.05, 4.69) is 22.8 Å². The number of alkyl carbamates (subject to hydrolysis) is 1. The molecule has 1 saturated carbocycles. The van der Waals surface area contributed by atoms with Crippen LogP contribution in [0.4, 0.5) is 4.79 Å². The Bertz CT molecular complexity index is 1290. The Kier molecular flexibility index (Phi) is 7.15. The van der Waals surface area contributed by atoms with Gasteiger partial charge in [0.25, 0.3) is 0 Å². The van der Waals surface area contributed by atoms with E-state index in [4.69, 9.17) is 9.47 Å². The Morgan fingerprint density at radius 2 is 1.50 bits per heavy atom. The lowest BCUT2D eigenvalue weighted by molar-refractivity contribution is -0.147. The number of carbonyl (C=O) groups excluding carboxylic acids is 2. The fourth-order valence-corrected chi connectivity index (χ4v) is 4.92. The summed E-state index contributed by atoms with van der Waals surface area (Å²) >= 11 is 0. The van der Waals surface area contributed by atoms with E-state index < -0.39 is 35.7 Å². The molecule has 2 aliphatic carbocycles. The number of hydrogen-bond acceptors (Lipinski definition) is 5. The smallest absolute Gasteiger partial charge is 0.408 e. The van der Waals surface area contributed by atoms with E-state index in [9.17, 15) is 19.5 Å². The molecule has 3 aromatic carbocycles. The van der Waals surface area contributed by atoms with Crippen LogP contribution in [0.2, 0.25) is 0 Å². The Hall–Kier alpha value is -4.17. The van der Waals surface area contributed by atoms with E-state index >= 15 is 0 Å². The minimum absolute atomic E-state index is 0.101. The highest BCUT2D eigenvalue weighted by Crippen LogP contribution is 2.44. The number of hydrogen-bond donors (Lipinski definition) is 3. The van der Waals surface area contributed by atoms with Crippen molar-refractivity contribution in [2.24, 2.45) is 0 Å². The molecule has 0 aliphatic heterocycles. The molecule has 3 N–H and O–H groups in total. The van der Waals surface area contributed by atoms with Crippen molar-refractivity contribution < 1.29 is 29.0 Å². The zero-order valence-corrected chi connectivity index (χ0v) is 21.1. The number of rotatable bonds is 10. The Morgan fingerprint density at radius 1 is 0.921 bits per heavy atom. The van der Waals surface area contributed by atoms with Crippen molar-refractivity contribution in [2.45, 2.75) is 50.0 Å². The van der Waals surface area contributed by atoms with Gasteiger partial charge < -0.3 is 25.2 Å². The zero-order chi connectivity index (χ0) is 26.7. The number of nitrogens with one attached hydrogen (secondary N) is 2. The first kappa shape index (κ1) is 25.5. The van der Waals surface area contributed by atoms with Gasteiger partial charge in [-0.15, -0.1) is 0 Å². The van der Waals surface area contributed by atoms with Crippen molar-refractivity contribution in [2.75, 3.05) is 6.61 Å². The Labute approximate surface area is 221 Å². The Morgan fingerprint density at radius 3 is 2.08 bits per heavy atom. The summed E-state index contributed by atoms with van der Waals surface area (Å²) in [5.74, 6) is -1.87. The second-order valence-electron chi connectivity index (χ2n) is 9.82. The fourth-order valence-electron chi connectivity index (χ4n) is 4.92. The molecule has 0 aromatic heterocycles. The average molecular weight is 515 g/mol. The van der Waals surface area contributed by atoms with Gasteiger partial charge in [0.2, 0.25) is 5.91 Å². The molecule has 2 unspecified atom stereocenters. The second-order valence-corrected chi connectivity index (χ2v) is 9.82. The third-order valence-electron chi connectivity index (χ3n) is 7.25. The summed E-state index contributed by atoms with van der Waals surface area (Å²) in [7, 11) is 0. The topological polar surface area (TPSA) is 114 Å². The number of aliphatic carboxylic acids is 1. The summed E-state index contributed by atoms with van der Waals surface area (Å²) in [5, 5.41) is 14.9. The lowest BCUT2D eigenvalue weighted by atomic mass is 9.98. The van der Waals surface area contributed by atoms with Crippen molar-refractivity contribution in [1.29, 1.82) is 0 Å². The van der Waals surface area contributed by atoms with Gasteiger partial charge in [0.1, 0.15) is 12.1 Å². The van der Waals surface area contributed by atoms with Crippen LogP contribution in [-0.2, 0) is 25.7 Å². The molecule has 3 aromatic rings. The Balaban J connectivity index is 1.17. The van der Waals surface area contributed by atoms with Gasteiger partial charge in [0, 0.05) is 5.92 Å². The van der Waals surface area contributed by atoms with Crippen LogP contribution in [-0.4, -0.2) is 47.4 Å². The number of carboxylic acid groups (broad SMARTS) is 1. The number of ether oxygens (including phenoxy) is 2. The maximum absolute atomic E-state index is 13.0. The minimum atomic E-state index is -1.27. The highest BCUT2D eigenvalue weighted by Gasteiger charge is 2.53. The molecule has 0 radical (unpaired) electrons. The molecule has 1 fully saturated rings. The summed E-state index contributed by atoms with van der Waals surface area (Å²) in [6, 6.07) is 24.2. The predicted octanol–water partition coefficient (Wildman–Crippen LogP) is 4.23. The summed E-state index contributed by atoms with van der Waals surface area (Å²) in [5.41, 5.74) is 4.14. The molecular formula is C30H30N2O6. The van der Waals surface area contributed by atoms with Crippen LogP contribution < -0.4 is 10.6 Å². The van der Waals surface area contributed by atoms with Crippen LogP contribution in [0.1, 0.15) is 42.4 Å². The molecule has 0 saturated heterocycles. The van der Waals surface area contributed by atoms with Gasteiger partial charge in [0.05, 0.1) is 12.7 Å². The highest BCUT2D eigenvalue weighted by molar-refractivity contribution is 5.95. The number of amides is 2. The summed E-state index contributed by atoms with van der Waals surface area (Å²) < 4.78 is 11.3. The molecule has 8 nitrogen and oxygen atoms in total. The second kappa shape index (κ2) is 10.7. The van der Waals surface area contributed by atoms with Gasteiger partial charge >= 0.3 is 12.1 Å². The molecule has 2 atom stereocenters. The van der Waals surface area contributed by atoms with Crippen LogP contribution in [0.3, 0.4) is 0 Å². The van der Waals surface area contributed by atoms with Crippen molar-refractivity contribution in [3.63, 3.8) is 0 Å². The van der Waals surface area contributed by atoms with E-state index in [1.807, 2.05) is 66.7 Å². The van der Waals surface area contributed by atoms with Crippen LogP contribution >= 0.6 is 0 Å². The highest BCUT2D eigenvalue weighted by atomic mass is 16.5. The fraction of sp³-hybridized carbons (Fsp3) is 0.300. The lowest BCUT2D eigenvalue weighted by Crippen LogP contribution is -2.56. The SMILES string of the molecule is CC(OCc1ccccc1)C(NC(=O)C1(NC(=O)OCC2c3ccccc3-c3ccccc32)CC1)C(=O)O. The average Bonchev–Trinajstić information content (AvgIpc) is 3.64. The molecule has 2 aliphatic rings. The zero-order valence-electron chi connectivity index (χ0n) is 21.1. The molecule has 8 heteroatoms. The van der Waals surface area contributed by atoms with Gasteiger partial charge in [-0.3, -0.25) is 4.79 Å². The summed E-state index contributed by atoms with van der Waals surface area (Å²) in [6.45, 7) is 1.94. The molecule has 2 amide bonds. The van der Waals surface area contributed by atoms with Crippen molar-refractivity contribution in [1.82, 2.24) is 10.6 Å². The van der Waals surface area contributed by atoms with Gasteiger partial charge in [-0.25, -0.2) is 9.59 Å². The maximum Gasteiger partial charge on any atom is 0.408 e. The minimum Gasteiger partial charge on any atom is -0.480 e. The largest absolute Gasteiger partial charge is 0.480 e. The molecule has 0 heterocycles. The maximum atomic E-state index is 13.0. The summed E-state index contributed by atoms with van der Waals surface area (Å²) in [4.78, 5) is 37.7. The molecule has 5 rings (SSSR count). The first-order valence-electron chi connectivity index (χ1n) is 12.7. The van der Waals surface area contributed by atoms with Crippen molar-refractivity contribution in [3.8, 4) is 11.1 Å². The number of benzene rings is 3. The third-order valence-corrected chi connectivity index (χ3v) is 7.25. The first-order valence-corrected chi connectivity index (χ1v) is 12.7. The van der Waals surface area contributed by atoms with E-state index in [0.29, 0.717) is 12.8 Å². The van der Waals surface area contributed by atoms with Gasteiger partial charge in [-0.1, -0.05) is 78.9 Å². The molecular weight excluding hydrogens is 484 g/mol. The van der Waals surface area contributed by atoms with Gasteiger partial charge in [-0.05, 0) is 47.6 Å². The van der Waals surface area contributed by atoms with Crippen LogP contribution in [0.25, 0.3) is 11.1 Å².